The molecule has 0 aromatic heterocycles. The fourth-order valence-electron chi connectivity index (χ4n) is 7.61. The van der Waals surface area contributed by atoms with Gasteiger partial charge >= 0.3 is 6.09 Å². The van der Waals surface area contributed by atoms with Crippen LogP contribution < -0.4 is 4.90 Å². The van der Waals surface area contributed by atoms with Gasteiger partial charge in [-0.2, -0.15) is 0 Å². The second kappa shape index (κ2) is 5.98. The van der Waals surface area contributed by atoms with Crippen LogP contribution in [0.4, 0.5) is 10.5 Å². The van der Waals surface area contributed by atoms with Gasteiger partial charge in [-0.15, -0.1) is 0 Å². The summed E-state index contributed by atoms with van der Waals surface area (Å²) in [5.74, 6) is -0.0410. The topological polar surface area (TPSA) is 79.5 Å². The highest BCUT2D eigenvalue weighted by atomic mass is 16.6. The number of fused-ring (bicyclic) bond motifs is 3. The van der Waals surface area contributed by atoms with Crippen LogP contribution in [0.15, 0.2) is 24.3 Å². The third-order valence-corrected chi connectivity index (χ3v) is 9.08. The van der Waals surface area contributed by atoms with Crippen LogP contribution in [0.1, 0.15) is 72.3 Å². The monoisotopic (exact) mass is 452 g/mol. The maximum atomic E-state index is 14.3. The zero-order chi connectivity index (χ0) is 23.6. The molecule has 1 aromatic rings. The normalized spacial score (nSPS) is 38.0. The number of nitrogens with zero attached hydrogens (tertiary/aromatic N) is 2. The van der Waals surface area contributed by atoms with Gasteiger partial charge in [-0.25, -0.2) is 9.69 Å². The number of rotatable bonds is 0. The van der Waals surface area contributed by atoms with E-state index < -0.39 is 33.7 Å². The number of carbonyl (C=O) groups is 3. The zero-order valence-electron chi connectivity index (χ0n) is 20.1. The Morgan fingerprint density at radius 1 is 1.18 bits per heavy atom. The molecule has 0 radical (unpaired) electrons. The van der Waals surface area contributed by atoms with Gasteiger partial charge < -0.3 is 14.4 Å². The summed E-state index contributed by atoms with van der Waals surface area (Å²) in [5.41, 5.74) is -1.74. The molecule has 4 fully saturated rings. The Hall–Kier alpha value is -2.41. The molecular formula is C26H32N2O5. The van der Waals surface area contributed by atoms with E-state index in [1.165, 1.54) is 4.90 Å². The van der Waals surface area contributed by atoms with Gasteiger partial charge in [-0.05, 0) is 45.2 Å². The number of epoxide rings is 1. The predicted octanol–water partition coefficient (Wildman–Crippen LogP) is 3.93. The van der Waals surface area contributed by atoms with E-state index in [-0.39, 0.29) is 17.9 Å². The molecule has 7 heteroatoms. The Morgan fingerprint density at radius 2 is 1.91 bits per heavy atom. The van der Waals surface area contributed by atoms with Crippen molar-refractivity contribution in [3.8, 4) is 0 Å². The first kappa shape index (κ1) is 21.1. The average Bonchev–Trinajstić information content (AvgIpc) is 3.26. The molecular weight excluding hydrogens is 420 g/mol. The lowest BCUT2D eigenvalue weighted by Gasteiger charge is -2.46. The maximum Gasteiger partial charge on any atom is 0.421 e. The van der Waals surface area contributed by atoms with E-state index in [0.29, 0.717) is 25.1 Å². The third kappa shape index (κ3) is 2.32. The minimum Gasteiger partial charge on any atom is -0.443 e. The summed E-state index contributed by atoms with van der Waals surface area (Å²) in [7, 11) is 0. The molecule has 4 atom stereocenters. The molecule has 1 aromatic carbocycles. The molecule has 1 spiro atoms. The second-order valence-corrected chi connectivity index (χ2v) is 12.0. The quantitative estimate of drug-likeness (QED) is 0.558. The van der Waals surface area contributed by atoms with E-state index in [1.807, 2.05) is 29.2 Å². The standard InChI is InChI=1S/C26H32N2O5/c1-22(2,3)32-21(31)28-18-11-7-6-10-17(18)25(20(28)30)14-24-15-27-16(9-8-12-19(27)29)13-26(24,33-24)23(25,4)5/h6-7,10-11,16H,8-9,12-15H2,1-5H3/t16-,24-,25+,26-/m0/s1. The number of benzene rings is 1. The number of anilines is 1. The van der Waals surface area contributed by atoms with Crippen LogP contribution in [-0.2, 0) is 24.5 Å². The van der Waals surface area contributed by atoms with E-state index >= 15 is 0 Å². The predicted molar refractivity (Wildman–Crippen MR) is 121 cm³/mol. The summed E-state index contributed by atoms with van der Waals surface area (Å²) in [6.07, 6.45) is 3.05. The first-order valence-electron chi connectivity index (χ1n) is 12.1. The minimum absolute atomic E-state index is 0.157. The molecule has 3 saturated heterocycles. The van der Waals surface area contributed by atoms with Crippen molar-refractivity contribution in [1.29, 1.82) is 0 Å². The van der Waals surface area contributed by atoms with Crippen molar-refractivity contribution >= 4 is 23.6 Å². The molecule has 5 aliphatic rings. The summed E-state index contributed by atoms with van der Waals surface area (Å²) in [5, 5.41) is 0. The molecule has 1 aliphatic carbocycles. The number of ether oxygens (including phenoxy) is 2. The van der Waals surface area contributed by atoms with E-state index in [9.17, 15) is 14.4 Å². The smallest absolute Gasteiger partial charge is 0.421 e. The number of amides is 3. The van der Waals surface area contributed by atoms with Gasteiger partial charge in [0.25, 0.3) is 0 Å². The number of hydrogen-bond acceptors (Lipinski definition) is 5. The summed E-state index contributed by atoms with van der Waals surface area (Å²) in [4.78, 5) is 43.5. The van der Waals surface area contributed by atoms with Crippen LogP contribution in [0.3, 0.4) is 0 Å². The van der Waals surface area contributed by atoms with Gasteiger partial charge in [-0.1, -0.05) is 32.0 Å². The zero-order valence-corrected chi connectivity index (χ0v) is 20.1. The number of carbonyl (C=O) groups excluding carboxylic acids is 3. The molecule has 176 valence electrons. The lowest BCUT2D eigenvalue weighted by Crippen LogP contribution is -2.58. The average molecular weight is 453 g/mol. The number of para-hydroxylation sites is 1. The van der Waals surface area contributed by atoms with Crippen molar-refractivity contribution in [3.05, 3.63) is 29.8 Å². The summed E-state index contributed by atoms with van der Waals surface area (Å²) in [6, 6.07) is 7.74. The largest absolute Gasteiger partial charge is 0.443 e. The van der Waals surface area contributed by atoms with Crippen LogP contribution >= 0.6 is 0 Å². The van der Waals surface area contributed by atoms with Gasteiger partial charge in [0.2, 0.25) is 11.8 Å². The third-order valence-electron chi connectivity index (χ3n) is 9.08. The summed E-state index contributed by atoms with van der Waals surface area (Å²) in [6.45, 7) is 10.2. The molecule has 0 N–H and O–H groups in total. The Balaban J connectivity index is 1.47. The highest BCUT2D eigenvalue weighted by Gasteiger charge is 2.90. The van der Waals surface area contributed by atoms with E-state index in [4.69, 9.17) is 9.47 Å². The van der Waals surface area contributed by atoms with Gasteiger partial charge in [0.15, 0.2) is 0 Å². The molecule has 0 unspecified atom stereocenters. The first-order chi connectivity index (χ1) is 15.4. The Morgan fingerprint density at radius 3 is 2.64 bits per heavy atom. The lowest BCUT2D eigenvalue weighted by atomic mass is 9.59. The molecule has 4 aliphatic heterocycles. The van der Waals surface area contributed by atoms with E-state index in [1.54, 1.807) is 20.8 Å². The van der Waals surface area contributed by atoms with Gasteiger partial charge in [0, 0.05) is 30.7 Å². The SMILES string of the molecule is CC(C)(C)OC(=O)N1C(=O)[C@@]2(C[C@]34CN5C(=O)CCC[C@H]5C[C@]3(O4)C2(C)C)c2ccccc21. The van der Waals surface area contributed by atoms with Crippen LogP contribution in [-0.4, -0.2) is 52.2 Å². The van der Waals surface area contributed by atoms with Gasteiger partial charge in [0.1, 0.15) is 16.8 Å². The molecule has 4 heterocycles. The summed E-state index contributed by atoms with van der Waals surface area (Å²) < 4.78 is 12.2. The fourth-order valence-corrected chi connectivity index (χ4v) is 7.61. The van der Waals surface area contributed by atoms with E-state index in [2.05, 4.69) is 13.8 Å². The highest BCUT2D eigenvalue weighted by molar-refractivity contribution is 6.22. The highest BCUT2D eigenvalue weighted by Crippen LogP contribution is 2.79. The van der Waals surface area contributed by atoms with Crippen molar-refractivity contribution in [1.82, 2.24) is 4.90 Å². The number of piperidine rings is 2. The van der Waals surface area contributed by atoms with Crippen LogP contribution in [0.5, 0.6) is 0 Å². The van der Waals surface area contributed by atoms with Crippen LogP contribution in [0.25, 0.3) is 0 Å². The Labute approximate surface area is 194 Å². The molecule has 6 rings (SSSR count). The molecule has 3 amide bonds. The molecule has 0 bridgehead atoms. The second-order valence-electron chi connectivity index (χ2n) is 12.0. The van der Waals surface area contributed by atoms with Crippen molar-refractivity contribution in [2.24, 2.45) is 5.41 Å². The van der Waals surface area contributed by atoms with Crippen LogP contribution in [0.2, 0.25) is 0 Å². The molecule has 1 saturated carbocycles. The van der Waals surface area contributed by atoms with Gasteiger partial charge in [0.05, 0.1) is 17.6 Å². The first-order valence-corrected chi connectivity index (χ1v) is 12.1. The number of hydrogen-bond donors (Lipinski definition) is 0. The Bertz CT molecular complexity index is 1110. The number of imide groups is 1. The minimum atomic E-state index is -0.906. The fraction of sp³-hybridized carbons (Fsp3) is 0.654. The summed E-state index contributed by atoms with van der Waals surface area (Å²) >= 11 is 0. The van der Waals surface area contributed by atoms with Crippen LogP contribution in [0, 0.1) is 5.41 Å². The van der Waals surface area contributed by atoms with Crippen molar-refractivity contribution in [2.75, 3.05) is 11.4 Å². The van der Waals surface area contributed by atoms with Crippen molar-refractivity contribution in [2.45, 2.75) is 95.0 Å². The molecule has 33 heavy (non-hydrogen) atoms. The Kier molecular flexibility index (Phi) is 3.83. The molecule has 7 nitrogen and oxygen atoms in total. The van der Waals surface area contributed by atoms with Crippen molar-refractivity contribution < 1.29 is 23.9 Å². The van der Waals surface area contributed by atoms with Gasteiger partial charge in [-0.3, -0.25) is 9.59 Å². The maximum absolute atomic E-state index is 14.3. The lowest BCUT2D eigenvalue weighted by molar-refractivity contribution is -0.139. The van der Waals surface area contributed by atoms with Crippen molar-refractivity contribution in [3.63, 3.8) is 0 Å². The van der Waals surface area contributed by atoms with E-state index in [0.717, 1.165) is 24.8 Å².